The van der Waals surface area contributed by atoms with E-state index in [1.54, 1.807) is 13.8 Å². The Bertz CT molecular complexity index is 1550. The summed E-state index contributed by atoms with van der Waals surface area (Å²) in [5, 5.41) is 9.95. The van der Waals surface area contributed by atoms with Crippen molar-refractivity contribution in [2.24, 2.45) is 62.1 Å². The molecule has 6 heteroatoms. The molecule has 10 atom stereocenters. The summed E-state index contributed by atoms with van der Waals surface area (Å²) >= 11 is 0. The first-order valence-corrected chi connectivity index (χ1v) is 20.2. The predicted octanol–water partition coefficient (Wildman–Crippen LogP) is 10.1. The number of esters is 2. The number of allylic oxidation sites excluding steroid dienone is 2. The lowest BCUT2D eigenvalue weighted by Crippen LogP contribution is -2.66. The van der Waals surface area contributed by atoms with E-state index in [1.165, 1.54) is 38.4 Å². The molecule has 0 aliphatic heterocycles. The van der Waals surface area contributed by atoms with E-state index in [1.807, 2.05) is 0 Å². The van der Waals surface area contributed by atoms with Gasteiger partial charge in [0.05, 0.1) is 18.9 Å². The molecule has 0 heterocycles. The zero-order valence-electron chi connectivity index (χ0n) is 33.3. The van der Waals surface area contributed by atoms with E-state index in [2.05, 4.69) is 60.0 Å². The molecule has 0 saturated heterocycles. The van der Waals surface area contributed by atoms with E-state index in [0.29, 0.717) is 41.6 Å². The van der Waals surface area contributed by atoms with Crippen LogP contribution in [0.5, 0.6) is 0 Å². The molecule has 0 aromatic carbocycles. The van der Waals surface area contributed by atoms with Crippen LogP contribution in [0, 0.1) is 73.9 Å². The van der Waals surface area contributed by atoms with Crippen LogP contribution in [-0.2, 0) is 23.9 Å². The molecule has 0 aromatic rings. The lowest BCUT2D eigenvalue weighted by molar-refractivity contribution is -0.247. The molecule has 6 rings (SSSR count). The van der Waals surface area contributed by atoms with Gasteiger partial charge in [-0.1, -0.05) is 58.6 Å². The summed E-state index contributed by atoms with van der Waals surface area (Å²) in [7, 11) is 1.37. The summed E-state index contributed by atoms with van der Waals surface area (Å²) in [5.74, 6) is 8.50. The molecule has 0 bridgehead atoms. The molecule has 51 heavy (non-hydrogen) atoms. The minimum Gasteiger partial charge on any atom is -0.478 e. The second-order valence-electron chi connectivity index (χ2n) is 20.0. The highest BCUT2D eigenvalue weighted by molar-refractivity contribution is 5.88. The van der Waals surface area contributed by atoms with Gasteiger partial charge in [0.2, 0.25) is 0 Å². The third kappa shape index (κ3) is 5.94. The Hall–Kier alpha value is -2.55. The number of carbonyl (C=O) groups is 3. The quantitative estimate of drug-likeness (QED) is 0.168. The maximum absolute atomic E-state index is 13.3. The normalized spacial score (nSPS) is 41.4. The molecule has 6 aliphatic carbocycles. The SMILES string of the molecule is C=C(C)C1CCC2(C#CC3=C(C(=O)O)CCCC3)CC[C@]3(C)C(CCC4C5(C)CCC(OC(=O)CC(C)(C)C(=O)OC)C(C)(C)C5CC[C@]43C)C12. The monoisotopic (exact) mass is 702 g/mol. The summed E-state index contributed by atoms with van der Waals surface area (Å²) < 4.78 is 11.2. The number of rotatable bonds is 6. The number of carboxylic acid groups (broad SMARTS) is 1. The van der Waals surface area contributed by atoms with Gasteiger partial charge in [-0.3, -0.25) is 9.59 Å². The fraction of sp³-hybridized carbons (Fsp3) is 0.800. The fourth-order valence-electron chi connectivity index (χ4n) is 13.9. The van der Waals surface area contributed by atoms with Crippen LogP contribution in [0.15, 0.2) is 23.3 Å². The van der Waals surface area contributed by atoms with Crippen molar-refractivity contribution in [3.8, 4) is 11.8 Å². The average molecular weight is 703 g/mol. The Morgan fingerprint density at radius 2 is 1.59 bits per heavy atom. The number of methoxy groups -OCH3 is 1. The number of carboxylic acids is 1. The standard InChI is InChI=1S/C45H66O6/c1-28(2)30-18-24-45(23-17-29-13-11-12-14-31(29)38(47)48)26-25-43(8)32(37(30)45)15-16-34-42(7)21-20-35(41(5,6)33(42)19-22-44(34,43)9)51-36(46)27-40(3,4)39(49)50-10/h30,32-35,37H,1,11-16,18-22,24-27H2,2-10H3,(H,47,48)/t30?,32?,33?,34?,35?,37?,42?,43-,44-,45?/m1/s1. The number of hydrogen-bond acceptors (Lipinski definition) is 5. The zero-order chi connectivity index (χ0) is 37.4. The molecule has 5 fully saturated rings. The molecule has 0 spiro atoms. The van der Waals surface area contributed by atoms with Crippen molar-refractivity contribution >= 4 is 17.9 Å². The van der Waals surface area contributed by atoms with Gasteiger partial charge in [0.25, 0.3) is 0 Å². The van der Waals surface area contributed by atoms with Crippen LogP contribution in [0.1, 0.15) is 152 Å². The van der Waals surface area contributed by atoms with Gasteiger partial charge >= 0.3 is 17.9 Å². The molecule has 5 saturated carbocycles. The van der Waals surface area contributed by atoms with Crippen molar-refractivity contribution in [2.75, 3.05) is 7.11 Å². The van der Waals surface area contributed by atoms with Crippen molar-refractivity contribution in [3.63, 3.8) is 0 Å². The lowest BCUT2D eigenvalue weighted by Gasteiger charge is -2.72. The maximum atomic E-state index is 13.3. The van der Waals surface area contributed by atoms with Crippen LogP contribution in [0.25, 0.3) is 0 Å². The van der Waals surface area contributed by atoms with Crippen LogP contribution < -0.4 is 0 Å². The molecule has 0 amide bonds. The van der Waals surface area contributed by atoms with Gasteiger partial charge in [-0.25, -0.2) is 4.79 Å². The third-order valence-electron chi connectivity index (χ3n) is 16.8. The first kappa shape index (κ1) is 38.2. The van der Waals surface area contributed by atoms with Crippen molar-refractivity contribution in [1.29, 1.82) is 0 Å². The fourth-order valence-corrected chi connectivity index (χ4v) is 13.9. The van der Waals surface area contributed by atoms with Crippen LogP contribution >= 0.6 is 0 Å². The van der Waals surface area contributed by atoms with E-state index in [9.17, 15) is 19.5 Å². The Kier molecular flexibility index (Phi) is 9.80. The molecule has 8 unspecified atom stereocenters. The highest BCUT2D eigenvalue weighted by Crippen LogP contribution is 2.77. The molecule has 6 nitrogen and oxygen atoms in total. The topological polar surface area (TPSA) is 89.9 Å². The van der Waals surface area contributed by atoms with Gasteiger partial charge in [0.15, 0.2) is 0 Å². The van der Waals surface area contributed by atoms with Gasteiger partial charge in [0.1, 0.15) is 6.10 Å². The maximum Gasteiger partial charge on any atom is 0.332 e. The van der Waals surface area contributed by atoms with E-state index in [4.69, 9.17) is 9.47 Å². The number of hydrogen-bond donors (Lipinski definition) is 1. The Morgan fingerprint density at radius 1 is 0.882 bits per heavy atom. The number of ether oxygens (including phenoxy) is 2. The number of aliphatic carboxylic acids is 1. The van der Waals surface area contributed by atoms with Gasteiger partial charge in [0, 0.05) is 22.0 Å². The minimum absolute atomic E-state index is 0.0190. The predicted molar refractivity (Wildman–Crippen MR) is 200 cm³/mol. The van der Waals surface area contributed by atoms with Gasteiger partial charge < -0.3 is 14.6 Å². The van der Waals surface area contributed by atoms with Gasteiger partial charge in [-0.2, -0.15) is 0 Å². The van der Waals surface area contributed by atoms with Crippen LogP contribution in [0.2, 0.25) is 0 Å². The summed E-state index contributed by atoms with van der Waals surface area (Å²) in [6, 6.07) is 0. The van der Waals surface area contributed by atoms with Crippen molar-refractivity contribution in [3.05, 3.63) is 23.3 Å². The first-order valence-electron chi connectivity index (χ1n) is 20.2. The molecular formula is C45H66O6. The minimum atomic E-state index is -0.917. The molecule has 1 N–H and O–H groups in total. The van der Waals surface area contributed by atoms with E-state index >= 15 is 0 Å². The summed E-state index contributed by atoms with van der Waals surface area (Å²) in [4.78, 5) is 37.7. The summed E-state index contributed by atoms with van der Waals surface area (Å²) in [5.41, 5.74) is 2.09. The molecule has 0 radical (unpaired) electrons. The highest BCUT2D eigenvalue weighted by Gasteiger charge is 2.71. The second-order valence-corrected chi connectivity index (χ2v) is 20.0. The molecular weight excluding hydrogens is 636 g/mol. The Labute approximate surface area is 308 Å². The van der Waals surface area contributed by atoms with Crippen LogP contribution in [0.4, 0.5) is 0 Å². The number of carbonyl (C=O) groups excluding carboxylic acids is 2. The summed E-state index contributed by atoms with van der Waals surface area (Å²) in [6.45, 7) is 22.8. The van der Waals surface area contributed by atoms with Crippen molar-refractivity contribution < 1.29 is 29.0 Å². The van der Waals surface area contributed by atoms with E-state index < -0.39 is 17.4 Å². The van der Waals surface area contributed by atoms with Crippen LogP contribution in [0.3, 0.4) is 0 Å². The molecule has 6 aliphatic rings. The molecule has 0 aromatic heterocycles. The average Bonchev–Trinajstić information content (AvgIpc) is 3.45. The Balaban J connectivity index is 1.28. The largest absolute Gasteiger partial charge is 0.478 e. The zero-order valence-corrected chi connectivity index (χ0v) is 33.3. The van der Waals surface area contributed by atoms with Gasteiger partial charge in [-0.05, 0) is 156 Å². The first-order chi connectivity index (χ1) is 23.8. The van der Waals surface area contributed by atoms with Crippen molar-refractivity contribution in [1.82, 2.24) is 0 Å². The third-order valence-corrected chi connectivity index (χ3v) is 16.8. The smallest absolute Gasteiger partial charge is 0.332 e. The van der Waals surface area contributed by atoms with Crippen molar-refractivity contribution in [2.45, 2.75) is 158 Å². The Morgan fingerprint density at radius 3 is 2.25 bits per heavy atom. The van der Waals surface area contributed by atoms with Crippen LogP contribution in [-0.4, -0.2) is 36.2 Å². The van der Waals surface area contributed by atoms with E-state index in [0.717, 1.165) is 63.4 Å². The summed E-state index contributed by atoms with van der Waals surface area (Å²) in [6.07, 6.45) is 14.4. The highest BCUT2D eigenvalue weighted by atomic mass is 16.5. The molecule has 282 valence electrons. The number of fused-ring (bicyclic) bond motifs is 7. The van der Waals surface area contributed by atoms with Gasteiger partial charge in [-0.15, -0.1) is 0 Å². The lowest BCUT2D eigenvalue weighted by atomic mass is 9.32. The van der Waals surface area contributed by atoms with E-state index in [-0.39, 0.29) is 45.6 Å². The second kappa shape index (κ2) is 13.1.